The molecule has 1 aromatic carbocycles. The fourth-order valence-electron chi connectivity index (χ4n) is 1.19. The molecule has 0 bridgehead atoms. The summed E-state index contributed by atoms with van der Waals surface area (Å²) in [5.74, 6) is 0. The van der Waals surface area contributed by atoms with Gasteiger partial charge in [0.1, 0.15) is 0 Å². The number of nitrogens with zero attached hydrogens (tertiary/aromatic N) is 1. The number of nitrogens with two attached hydrogens (primary N) is 1. The van der Waals surface area contributed by atoms with Crippen molar-refractivity contribution in [2.45, 2.75) is 6.54 Å². The molecule has 0 saturated carbocycles. The van der Waals surface area contributed by atoms with Crippen LogP contribution in [-0.2, 0) is 6.54 Å². The summed E-state index contributed by atoms with van der Waals surface area (Å²) in [6.07, 6.45) is 2.07. The van der Waals surface area contributed by atoms with Crippen LogP contribution in [0, 0.1) is 0 Å². The molecule has 3 heteroatoms. The Labute approximate surface area is 81.3 Å². The summed E-state index contributed by atoms with van der Waals surface area (Å²) in [7, 11) is 0. The average Bonchev–Trinajstić information content (AvgIpc) is 2.62. The maximum Gasteiger partial charge on any atom is 0.224 e. The van der Waals surface area contributed by atoms with Crippen molar-refractivity contribution in [2.24, 2.45) is 0 Å². The molecule has 1 aromatic heterocycles. The van der Waals surface area contributed by atoms with E-state index in [2.05, 4.69) is 33.8 Å². The predicted octanol–water partition coefficient (Wildman–Crippen LogP) is 1.67. The molecule has 1 heterocycles. The number of thiazole rings is 1. The monoisotopic (exact) mass is 191 g/mol. The highest BCUT2D eigenvalue weighted by Crippen LogP contribution is 2.04. The first-order valence-corrected chi connectivity index (χ1v) is 5.04. The van der Waals surface area contributed by atoms with Crippen LogP contribution in [-0.4, -0.2) is 0 Å². The topological polar surface area (TPSA) is 29.9 Å². The van der Waals surface area contributed by atoms with Gasteiger partial charge in [0.2, 0.25) is 5.51 Å². The van der Waals surface area contributed by atoms with Crippen molar-refractivity contribution in [2.75, 3.05) is 5.73 Å². The van der Waals surface area contributed by atoms with E-state index in [4.69, 9.17) is 5.73 Å². The molecule has 0 radical (unpaired) electrons. The second kappa shape index (κ2) is 3.58. The van der Waals surface area contributed by atoms with E-state index in [0.29, 0.717) is 0 Å². The van der Waals surface area contributed by atoms with Crippen LogP contribution in [0.1, 0.15) is 5.56 Å². The molecule has 0 atom stereocenters. The minimum Gasteiger partial charge on any atom is -0.399 e. The van der Waals surface area contributed by atoms with E-state index in [1.54, 1.807) is 11.3 Å². The molecule has 0 fully saturated rings. The smallest absolute Gasteiger partial charge is 0.224 e. The highest BCUT2D eigenvalue weighted by Gasteiger charge is 2.01. The van der Waals surface area contributed by atoms with Crippen LogP contribution in [0.4, 0.5) is 5.69 Å². The van der Waals surface area contributed by atoms with Crippen molar-refractivity contribution in [3.05, 3.63) is 46.9 Å². The molecule has 2 N–H and O–H groups in total. The number of nitrogen functional groups attached to an aromatic ring is 1. The highest BCUT2D eigenvalue weighted by molar-refractivity contribution is 7.07. The summed E-state index contributed by atoms with van der Waals surface area (Å²) < 4.78 is 2.15. The van der Waals surface area contributed by atoms with Crippen LogP contribution in [0.3, 0.4) is 0 Å². The Balaban J connectivity index is 2.15. The summed E-state index contributed by atoms with van der Waals surface area (Å²) in [6.45, 7) is 0.920. The molecule has 2 nitrogen and oxygen atoms in total. The van der Waals surface area contributed by atoms with Crippen LogP contribution in [0.5, 0.6) is 0 Å². The largest absolute Gasteiger partial charge is 0.399 e. The third kappa shape index (κ3) is 2.06. The van der Waals surface area contributed by atoms with E-state index < -0.39 is 0 Å². The van der Waals surface area contributed by atoms with Gasteiger partial charge in [-0.2, -0.15) is 4.57 Å². The van der Waals surface area contributed by atoms with E-state index in [0.717, 1.165) is 12.2 Å². The molecule has 13 heavy (non-hydrogen) atoms. The van der Waals surface area contributed by atoms with Gasteiger partial charge in [-0.05, 0) is 12.1 Å². The van der Waals surface area contributed by atoms with Crippen LogP contribution >= 0.6 is 11.3 Å². The number of benzene rings is 1. The molecular formula is C10H11N2S+. The number of aromatic nitrogens is 1. The second-order valence-electron chi connectivity index (χ2n) is 2.94. The maximum atomic E-state index is 5.60. The molecule has 2 aromatic rings. The van der Waals surface area contributed by atoms with Crippen molar-refractivity contribution >= 4 is 17.0 Å². The van der Waals surface area contributed by atoms with Crippen LogP contribution in [0.15, 0.2) is 41.4 Å². The molecule has 66 valence electrons. The predicted molar refractivity (Wildman–Crippen MR) is 54.5 cm³/mol. The minimum absolute atomic E-state index is 0.819. The minimum atomic E-state index is 0.819. The van der Waals surface area contributed by atoms with Crippen LogP contribution in [0.25, 0.3) is 0 Å². The van der Waals surface area contributed by atoms with Gasteiger partial charge in [0.05, 0.1) is 5.38 Å². The molecule has 0 aliphatic heterocycles. The summed E-state index contributed by atoms with van der Waals surface area (Å²) in [4.78, 5) is 0. The van der Waals surface area contributed by atoms with Crippen molar-refractivity contribution in [3.8, 4) is 0 Å². The molecule has 0 spiro atoms. The van der Waals surface area contributed by atoms with Crippen molar-refractivity contribution < 1.29 is 4.57 Å². The SMILES string of the molecule is Nc1ccc(C[n+]2ccsc2)cc1. The quantitative estimate of drug-likeness (QED) is 0.568. The van der Waals surface area contributed by atoms with Gasteiger partial charge < -0.3 is 5.73 Å². The van der Waals surface area contributed by atoms with Gasteiger partial charge >= 0.3 is 0 Å². The fraction of sp³-hybridized carbons (Fsp3) is 0.100. The number of rotatable bonds is 2. The van der Waals surface area contributed by atoms with Gasteiger partial charge in [-0.15, -0.1) is 0 Å². The molecule has 0 aliphatic carbocycles. The number of hydrogen-bond acceptors (Lipinski definition) is 2. The zero-order valence-corrected chi connectivity index (χ0v) is 8.00. The zero-order valence-electron chi connectivity index (χ0n) is 7.18. The normalized spacial score (nSPS) is 10.2. The Bertz CT molecular complexity index is 364. The van der Waals surface area contributed by atoms with Crippen LogP contribution < -0.4 is 10.3 Å². The Hall–Kier alpha value is -1.35. The van der Waals surface area contributed by atoms with Crippen LogP contribution in [0.2, 0.25) is 0 Å². The van der Waals surface area contributed by atoms with Crippen molar-refractivity contribution in [3.63, 3.8) is 0 Å². The van der Waals surface area contributed by atoms with Crippen molar-refractivity contribution in [1.82, 2.24) is 0 Å². The lowest BCUT2D eigenvalue weighted by Crippen LogP contribution is -2.30. The highest BCUT2D eigenvalue weighted by atomic mass is 32.1. The van der Waals surface area contributed by atoms with Gasteiger partial charge in [0, 0.05) is 11.3 Å². The molecule has 2 rings (SSSR count). The summed E-state index contributed by atoms with van der Waals surface area (Å²) >= 11 is 1.70. The standard InChI is InChI=1S/C10H11N2S/c11-10-3-1-9(2-4-10)7-12-5-6-13-8-12/h1-6,8H,7,11H2/q+1. The van der Waals surface area contributed by atoms with Gasteiger partial charge in [-0.3, -0.25) is 0 Å². The van der Waals surface area contributed by atoms with Gasteiger partial charge in [-0.1, -0.05) is 23.5 Å². The average molecular weight is 191 g/mol. The molecular weight excluding hydrogens is 180 g/mol. The maximum absolute atomic E-state index is 5.60. The van der Waals surface area contributed by atoms with Crippen molar-refractivity contribution in [1.29, 1.82) is 0 Å². The zero-order chi connectivity index (χ0) is 9.10. The Morgan fingerprint density at radius 2 is 2.00 bits per heavy atom. The molecule has 0 saturated heterocycles. The first-order valence-electron chi connectivity index (χ1n) is 4.10. The number of hydrogen-bond donors (Lipinski definition) is 1. The molecule has 0 amide bonds. The third-order valence-corrected chi connectivity index (χ3v) is 2.54. The first-order chi connectivity index (χ1) is 6.34. The Morgan fingerprint density at radius 1 is 1.23 bits per heavy atom. The lowest BCUT2D eigenvalue weighted by molar-refractivity contribution is -0.683. The lowest BCUT2D eigenvalue weighted by Gasteiger charge is -1.95. The fourth-order valence-corrected chi connectivity index (χ4v) is 1.78. The van der Waals surface area contributed by atoms with E-state index in [1.807, 2.05) is 12.1 Å². The Morgan fingerprint density at radius 3 is 2.62 bits per heavy atom. The summed E-state index contributed by atoms with van der Waals surface area (Å²) in [5, 5.41) is 2.07. The van der Waals surface area contributed by atoms with Gasteiger partial charge in [0.25, 0.3) is 0 Å². The van der Waals surface area contributed by atoms with Gasteiger partial charge in [-0.25, -0.2) is 0 Å². The summed E-state index contributed by atoms with van der Waals surface area (Å²) in [5.41, 5.74) is 9.78. The lowest BCUT2D eigenvalue weighted by atomic mass is 10.2. The molecule has 0 unspecified atom stereocenters. The third-order valence-electron chi connectivity index (χ3n) is 1.87. The Kier molecular flexibility index (Phi) is 2.27. The second-order valence-corrected chi connectivity index (χ2v) is 3.70. The van der Waals surface area contributed by atoms with E-state index in [9.17, 15) is 0 Å². The first kappa shape index (κ1) is 8.26. The van der Waals surface area contributed by atoms with Gasteiger partial charge in [0.15, 0.2) is 12.7 Å². The number of anilines is 1. The van der Waals surface area contributed by atoms with E-state index >= 15 is 0 Å². The van der Waals surface area contributed by atoms with E-state index in [-0.39, 0.29) is 0 Å². The molecule has 0 aliphatic rings. The van der Waals surface area contributed by atoms with E-state index in [1.165, 1.54) is 5.56 Å². The summed E-state index contributed by atoms with van der Waals surface area (Å²) in [6, 6.07) is 7.98.